The lowest BCUT2D eigenvalue weighted by atomic mass is 10.0. The van der Waals surface area contributed by atoms with E-state index in [1.54, 1.807) is 13.8 Å². The van der Waals surface area contributed by atoms with Gasteiger partial charge in [0.2, 0.25) is 0 Å². The Labute approximate surface area is 113 Å². The fraction of sp³-hybridized carbons (Fsp3) is 0.833. The van der Waals surface area contributed by atoms with Crippen molar-refractivity contribution in [2.24, 2.45) is 5.92 Å². The Bertz CT molecular complexity index is 227. The Morgan fingerprint density at radius 3 is 2.06 bits per heavy atom. The number of esters is 2. The summed E-state index contributed by atoms with van der Waals surface area (Å²) in [5, 5.41) is 0. The van der Waals surface area contributed by atoms with Gasteiger partial charge < -0.3 is 14.2 Å². The van der Waals surface area contributed by atoms with Crippen LogP contribution in [0.15, 0.2) is 0 Å². The molecule has 0 heterocycles. The molecule has 6 heteroatoms. The van der Waals surface area contributed by atoms with E-state index in [0.717, 1.165) is 0 Å². The second-order valence-electron chi connectivity index (χ2n) is 3.50. The van der Waals surface area contributed by atoms with Crippen molar-refractivity contribution >= 4 is 23.5 Å². The number of halogens is 1. The van der Waals surface area contributed by atoms with Crippen molar-refractivity contribution in [3.05, 3.63) is 0 Å². The van der Waals surface area contributed by atoms with Gasteiger partial charge in [0.1, 0.15) is 0 Å². The minimum Gasteiger partial charge on any atom is -0.465 e. The average molecular weight is 281 g/mol. The molecule has 0 aliphatic carbocycles. The van der Waals surface area contributed by atoms with Crippen LogP contribution in [0.25, 0.3) is 0 Å². The molecule has 0 atom stereocenters. The molecule has 0 saturated carbocycles. The van der Waals surface area contributed by atoms with Crippen LogP contribution in [0.4, 0.5) is 0 Å². The van der Waals surface area contributed by atoms with E-state index in [2.05, 4.69) is 0 Å². The highest BCUT2D eigenvalue weighted by Crippen LogP contribution is 2.11. The number of carbonyl (C=O) groups excluding carboxylic acids is 2. The summed E-state index contributed by atoms with van der Waals surface area (Å²) < 4.78 is 14.9. The van der Waals surface area contributed by atoms with Crippen molar-refractivity contribution in [1.29, 1.82) is 0 Å². The van der Waals surface area contributed by atoms with E-state index in [-0.39, 0.29) is 13.2 Å². The van der Waals surface area contributed by atoms with E-state index in [4.69, 9.17) is 25.8 Å². The van der Waals surface area contributed by atoms with Gasteiger partial charge in [0.05, 0.1) is 19.8 Å². The molecule has 0 aromatic rings. The first-order valence-corrected chi connectivity index (χ1v) is 6.67. The molecule has 0 radical (unpaired) electrons. The Morgan fingerprint density at radius 2 is 1.61 bits per heavy atom. The Kier molecular flexibility index (Phi) is 10.8. The first kappa shape index (κ1) is 17.2. The minimum atomic E-state index is -0.857. The summed E-state index contributed by atoms with van der Waals surface area (Å²) in [6.07, 6.45) is 0.944. The standard InChI is InChI=1S/C12H21ClO5/c1-3-17-11(14)10(12(15)18-4-2)6-5-8-16-9-7-13/h10H,3-9H2,1-2H3. The summed E-state index contributed by atoms with van der Waals surface area (Å²) in [6.45, 7) is 4.81. The molecule has 5 nitrogen and oxygen atoms in total. The van der Waals surface area contributed by atoms with Gasteiger partial charge in [0, 0.05) is 12.5 Å². The lowest BCUT2D eigenvalue weighted by molar-refractivity contribution is -0.162. The van der Waals surface area contributed by atoms with E-state index in [1.807, 2.05) is 0 Å². The molecule has 0 rings (SSSR count). The quantitative estimate of drug-likeness (QED) is 0.264. The zero-order chi connectivity index (χ0) is 13.8. The molecule has 106 valence electrons. The van der Waals surface area contributed by atoms with Crippen LogP contribution in [0.1, 0.15) is 26.7 Å². The molecule has 0 fully saturated rings. The van der Waals surface area contributed by atoms with Crippen LogP contribution in [0, 0.1) is 5.92 Å². The number of rotatable bonds is 10. The molecule has 0 bridgehead atoms. The molecular formula is C12H21ClO5. The third-order valence-corrected chi connectivity index (χ3v) is 2.30. The number of hydrogen-bond acceptors (Lipinski definition) is 5. The Hall–Kier alpha value is -0.810. The topological polar surface area (TPSA) is 61.8 Å². The Balaban J connectivity index is 4.12. The fourth-order valence-corrected chi connectivity index (χ4v) is 1.47. The highest BCUT2D eigenvalue weighted by atomic mass is 35.5. The van der Waals surface area contributed by atoms with E-state index < -0.39 is 17.9 Å². The lowest BCUT2D eigenvalue weighted by Gasteiger charge is -2.14. The summed E-state index contributed by atoms with van der Waals surface area (Å²) in [5.41, 5.74) is 0. The molecule has 0 aromatic carbocycles. The van der Waals surface area contributed by atoms with E-state index in [1.165, 1.54) is 0 Å². The van der Waals surface area contributed by atoms with Crippen molar-refractivity contribution in [1.82, 2.24) is 0 Å². The van der Waals surface area contributed by atoms with Gasteiger partial charge in [-0.05, 0) is 26.7 Å². The fourth-order valence-electron chi connectivity index (χ4n) is 1.36. The molecule has 0 N–H and O–H groups in total. The van der Waals surface area contributed by atoms with Gasteiger partial charge in [-0.15, -0.1) is 11.6 Å². The molecule has 0 spiro atoms. The minimum absolute atomic E-state index is 0.248. The predicted molar refractivity (Wildman–Crippen MR) is 67.5 cm³/mol. The first-order valence-electron chi connectivity index (χ1n) is 6.14. The smallest absolute Gasteiger partial charge is 0.320 e. The zero-order valence-corrected chi connectivity index (χ0v) is 11.7. The maximum atomic E-state index is 11.6. The van der Waals surface area contributed by atoms with Crippen LogP contribution in [0.5, 0.6) is 0 Å². The highest BCUT2D eigenvalue weighted by Gasteiger charge is 2.28. The summed E-state index contributed by atoms with van der Waals surface area (Å²) in [6, 6.07) is 0. The summed E-state index contributed by atoms with van der Waals surface area (Å²) in [5.74, 6) is -1.50. The third-order valence-electron chi connectivity index (χ3n) is 2.15. The molecule has 0 unspecified atom stereocenters. The maximum absolute atomic E-state index is 11.6. The maximum Gasteiger partial charge on any atom is 0.320 e. The van der Waals surface area contributed by atoms with Crippen LogP contribution in [0.2, 0.25) is 0 Å². The average Bonchev–Trinajstić information content (AvgIpc) is 2.34. The van der Waals surface area contributed by atoms with Crippen molar-refractivity contribution in [3.8, 4) is 0 Å². The lowest BCUT2D eigenvalue weighted by Crippen LogP contribution is -2.28. The predicted octanol–water partition coefficient (Wildman–Crippen LogP) is 1.76. The van der Waals surface area contributed by atoms with E-state index >= 15 is 0 Å². The number of ether oxygens (including phenoxy) is 3. The van der Waals surface area contributed by atoms with E-state index in [0.29, 0.717) is 31.9 Å². The van der Waals surface area contributed by atoms with E-state index in [9.17, 15) is 9.59 Å². The van der Waals surface area contributed by atoms with Crippen LogP contribution in [-0.4, -0.2) is 44.2 Å². The van der Waals surface area contributed by atoms with Crippen LogP contribution >= 0.6 is 11.6 Å². The van der Waals surface area contributed by atoms with Gasteiger partial charge in [-0.2, -0.15) is 0 Å². The molecule has 0 aromatic heterocycles. The second-order valence-corrected chi connectivity index (χ2v) is 3.88. The van der Waals surface area contributed by atoms with Gasteiger partial charge in [0.15, 0.2) is 5.92 Å². The third kappa shape index (κ3) is 7.50. The summed E-state index contributed by atoms with van der Waals surface area (Å²) in [7, 11) is 0. The van der Waals surface area contributed by atoms with Crippen molar-refractivity contribution < 1.29 is 23.8 Å². The monoisotopic (exact) mass is 280 g/mol. The van der Waals surface area contributed by atoms with Crippen LogP contribution < -0.4 is 0 Å². The molecule has 0 aliphatic heterocycles. The van der Waals surface area contributed by atoms with Gasteiger partial charge in [-0.1, -0.05) is 0 Å². The normalized spacial score (nSPS) is 10.4. The second kappa shape index (κ2) is 11.3. The van der Waals surface area contributed by atoms with Crippen LogP contribution in [-0.2, 0) is 23.8 Å². The molecule has 0 amide bonds. The summed E-state index contributed by atoms with van der Waals surface area (Å²) >= 11 is 5.45. The van der Waals surface area contributed by atoms with Crippen molar-refractivity contribution in [3.63, 3.8) is 0 Å². The highest BCUT2D eigenvalue weighted by molar-refractivity contribution is 6.17. The Morgan fingerprint density at radius 1 is 1.06 bits per heavy atom. The number of hydrogen-bond donors (Lipinski definition) is 0. The number of carbonyl (C=O) groups is 2. The number of alkyl halides is 1. The van der Waals surface area contributed by atoms with Gasteiger partial charge >= 0.3 is 11.9 Å². The largest absolute Gasteiger partial charge is 0.465 e. The SMILES string of the molecule is CCOC(=O)C(CCCOCCCl)C(=O)OCC. The molecule has 18 heavy (non-hydrogen) atoms. The molecule has 0 aliphatic rings. The van der Waals surface area contributed by atoms with Gasteiger partial charge in [-0.25, -0.2) is 0 Å². The van der Waals surface area contributed by atoms with Crippen molar-refractivity contribution in [2.75, 3.05) is 32.3 Å². The van der Waals surface area contributed by atoms with Gasteiger partial charge in [-0.3, -0.25) is 9.59 Å². The van der Waals surface area contributed by atoms with Crippen LogP contribution in [0.3, 0.4) is 0 Å². The van der Waals surface area contributed by atoms with Crippen molar-refractivity contribution in [2.45, 2.75) is 26.7 Å². The zero-order valence-electron chi connectivity index (χ0n) is 10.9. The molecular weight excluding hydrogens is 260 g/mol. The first-order chi connectivity index (χ1) is 8.67. The molecule has 0 saturated heterocycles. The summed E-state index contributed by atoms with van der Waals surface area (Å²) in [4.78, 5) is 23.2. The van der Waals surface area contributed by atoms with Gasteiger partial charge in [0.25, 0.3) is 0 Å².